The average molecular weight is 650 g/mol. The van der Waals surface area contributed by atoms with Gasteiger partial charge in [0.05, 0.1) is 6.04 Å². The van der Waals surface area contributed by atoms with Crippen LogP contribution in [-0.2, 0) is 17.7 Å². The molecule has 9 nitrogen and oxygen atoms in total. The van der Waals surface area contributed by atoms with Crippen molar-refractivity contribution in [1.29, 1.82) is 0 Å². The molecule has 1 aliphatic rings. The van der Waals surface area contributed by atoms with Crippen molar-refractivity contribution in [3.8, 4) is 0 Å². The van der Waals surface area contributed by atoms with Crippen LogP contribution in [0.4, 0.5) is 13.6 Å². The van der Waals surface area contributed by atoms with E-state index in [-0.39, 0.29) is 30.0 Å². The second-order valence-electron chi connectivity index (χ2n) is 11.7. The molecule has 0 aromatic heterocycles. The predicted molar refractivity (Wildman–Crippen MR) is 177 cm³/mol. The molecule has 3 amide bonds. The molecular weight excluding hydrogens is 604 g/mol. The van der Waals surface area contributed by atoms with Gasteiger partial charge < -0.3 is 30.5 Å². The summed E-state index contributed by atoms with van der Waals surface area (Å²) in [6, 6.07) is 18.4. The molecule has 1 aliphatic heterocycles. The Kier molecular flexibility index (Phi) is 13.7. The second kappa shape index (κ2) is 18.1. The molecule has 2 unspecified atom stereocenters. The van der Waals surface area contributed by atoms with Crippen molar-refractivity contribution < 1.29 is 27.9 Å². The molecule has 1 fully saturated rings. The van der Waals surface area contributed by atoms with E-state index >= 15 is 0 Å². The maximum Gasteiger partial charge on any atom is 0.410 e. The zero-order valence-corrected chi connectivity index (χ0v) is 27.1. The van der Waals surface area contributed by atoms with Gasteiger partial charge in [0.25, 0.3) is 11.8 Å². The molecule has 0 saturated carbocycles. The summed E-state index contributed by atoms with van der Waals surface area (Å²) in [6.45, 7) is 8.00. The summed E-state index contributed by atoms with van der Waals surface area (Å²) in [5.41, 5.74) is 1.92. The number of halogens is 2. The summed E-state index contributed by atoms with van der Waals surface area (Å²) in [7, 11) is 0. The Morgan fingerprint density at radius 1 is 0.872 bits per heavy atom. The lowest BCUT2D eigenvalue weighted by Crippen LogP contribution is -2.53. The second-order valence-corrected chi connectivity index (χ2v) is 11.7. The molecule has 4 rings (SSSR count). The minimum Gasteiger partial charge on any atom is -0.443 e. The lowest BCUT2D eigenvalue weighted by molar-refractivity contribution is 0.0397. The van der Waals surface area contributed by atoms with Crippen LogP contribution in [0.2, 0.25) is 0 Å². The topological polar surface area (TPSA) is 103 Å². The highest BCUT2D eigenvalue weighted by atomic mass is 19.1. The van der Waals surface area contributed by atoms with E-state index < -0.39 is 35.8 Å². The van der Waals surface area contributed by atoms with Gasteiger partial charge >= 0.3 is 6.09 Å². The number of rotatable bonds is 15. The van der Waals surface area contributed by atoms with Gasteiger partial charge in [0, 0.05) is 69.6 Å². The van der Waals surface area contributed by atoms with Crippen LogP contribution in [-0.4, -0.2) is 85.7 Å². The largest absolute Gasteiger partial charge is 0.443 e. The van der Waals surface area contributed by atoms with Gasteiger partial charge in [-0.1, -0.05) is 50.2 Å². The number of hydrogen-bond donors (Lipinski definition) is 3. The Morgan fingerprint density at radius 2 is 1.53 bits per heavy atom. The summed E-state index contributed by atoms with van der Waals surface area (Å²) in [5, 5.41) is 9.48. The van der Waals surface area contributed by atoms with Crippen LogP contribution in [0.25, 0.3) is 0 Å². The van der Waals surface area contributed by atoms with Gasteiger partial charge in [-0.05, 0) is 60.7 Å². The van der Waals surface area contributed by atoms with Crippen LogP contribution in [0.15, 0.2) is 72.8 Å². The van der Waals surface area contributed by atoms with Crippen molar-refractivity contribution in [3.63, 3.8) is 0 Å². The Balaban J connectivity index is 1.62. The van der Waals surface area contributed by atoms with E-state index in [1.807, 2.05) is 44.2 Å². The number of carbonyl (C=O) groups is 3. The molecule has 1 heterocycles. The SMILES string of the molecule is CCCN(CCC)C(=O)c1cccc(C(=O)NC(Cc2cc(F)cc(F)c2)C(CNCc2ccccc2)OC(=O)N2CCNCC2)c1. The molecule has 11 heteroatoms. The molecule has 3 aromatic rings. The van der Waals surface area contributed by atoms with E-state index in [2.05, 4.69) is 16.0 Å². The third-order valence-corrected chi connectivity index (χ3v) is 7.93. The maximum atomic E-state index is 14.3. The van der Waals surface area contributed by atoms with E-state index in [1.54, 1.807) is 34.1 Å². The third-order valence-electron chi connectivity index (χ3n) is 7.93. The van der Waals surface area contributed by atoms with Crippen LogP contribution < -0.4 is 16.0 Å². The third kappa shape index (κ3) is 10.9. The van der Waals surface area contributed by atoms with Gasteiger partial charge in [0.2, 0.25) is 0 Å². The number of nitrogens with one attached hydrogen (secondary N) is 3. The van der Waals surface area contributed by atoms with Crippen molar-refractivity contribution in [2.24, 2.45) is 0 Å². The van der Waals surface area contributed by atoms with Crippen LogP contribution >= 0.6 is 0 Å². The molecule has 252 valence electrons. The number of amides is 3. The highest BCUT2D eigenvalue weighted by Gasteiger charge is 2.30. The fraction of sp³-hybridized carbons (Fsp3) is 0.417. The molecule has 1 saturated heterocycles. The van der Waals surface area contributed by atoms with Crippen LogP contribution in [0.1, 0.15) is 58.5 Å². The van der Waals surface area contributed by atoms with Gasteiger partial charge in [-0.15, -0.1) is 0 Å². The first-order chi connectivity index (χ1) is 22.8. The monoisotopic (exact) mass is 649 g/mol. The number of piperazine rings is 1. The van der Waals surface area contributed by atoms with E-state index in [1.165, 1.54) is 12.1 Å². The summed E-state index contributed by atoms with van der Waals surface area (Å²) < 4.78 is 34.6. The van der Waals surface area contributed by atoms with Crippen molar-refractivity contribution in [1.82, 2.24) is 25.8 Å². The Bertz CT molecular complexity index is 1440. The van der Waals surface area contributed by atoms with Crippen LogP contribution in [0.3, 0.4) is 0 Å². The zero-order valence-electron chi connectivity index (χ0n) is 27.1. The van der Waals surface area contributed by atoms with Crippen molar-refractivity contribution >= 4 is 17.9 Å². The molecule has 3 aromatic carbocycles. The van der Waals surface area contributed by atoms with Gasteiger partial charge in [-0.2, -0.15) is 0 Å². The molecule has 47 heavy (non-hydrogen) atoms. The zero-order chi connectivity index (χ0) is 33.6. The number of hydrogen-bond acceptors (Lipinski definition) is 6. The van der Waals surface area contributed by atoms with Crippen LogP contribution in [0.5, 0.6) is 0 Å². The first-order valence-electron chi connectivity index (χ1n) is 16.3. The quantitative estimate of drug-likeness (QED) is 0.219. The highest BCUT2D eigenvalue weighted by molar-refractivity contribution is 5.99. The standard InChI is InChI=1S/C36H45F2N5O4/c1-3-15-42(16-4-2)35(45)29-12-8-11-28(22-29)34(44)41-32(21-27-19-30(37)23-31(38)20-27)33(25-40-24-26-9-6-5-7-10-26)47-36(46)43-17-13-39-14-18-43/h5-12,19-20,22-23,32-33,39-40H,3-4,13-18,21,24-25H2,1-2H3,(H,41,44). The number of benzene rings is 3. The smallest absolute Gasteiger partial charge is 0.410 e. The van der Waals surface area contributed by atoms with E-state index in [4.69, 9.17) is 4.74 Å². The molecule has 3 N–H and O–H groups in total. The molecule has 0 aliphatic carbocycles. The summed E-state index contributed by atoms with van der Waals surface area (Å²) >= 11 is 0. The summed E-state index contributed by atoms with van der Waals surface area (Å²) in [6.07, 6.45) is 0.140. The van der Waals surface area contributed by atoms with E-state index in [0.717, 1.165) is 24.5 Å². The highest BCUT2D eigenvalue weighted by Crippen LogP contribution is 2.17. The Morgan fingerprint density at radius 3 is 2.19 bits per heavy atom. The molecule has 0 radical (unpaired) electrons. The lowest BCUT2D eigenvalue weighted by Gasteiger charge is -2.32. The number of ether oxygens (including phenoxy) is 1. The molecular formula is C36H45F2N5O4. The Hall–Kier alpha value is -4.35. The van der Waals surface area contributed by atoms with Gasteiger partial charge in [0.1, 0.15) is 17.7 Å². The number of carbonyl (C=O) groups excluding carboxylic acids is 3. The summed E-state index contributed by atoms with van der Waals surface area (Å²) in [4.78, 5) is 43.8. The number of nitrogens with zero attached hydrogens (tertiary/aromatic N) is 2. The van der Waals surface area contributed by atoms with Gasteiger partial charge in [-0.25, -0.2) is 13.6 Å². The Labute approximate surface area is 275 Å². The normalized spacial score (nSPS) is 14.3. The first kappa shape index (κ1) is 35.5. The van der Waals surface area contributed by atoms with E-state index in [0.29, 0.717) is 51.4 Å². The van der Waals surface area contributed by atoms with Crippen molar-refractivity contribution in [2.75, 3.05) is 45.8 Å². The fourth-order valence-electron chi connectivity index (χ4n) is 5.61. The van der Waals surface area contributed by atoms with E-state index in [9.17, 15) is 23.2 Å². The maximum absolute atomic E-state index is 14.3. The average Bonchev–Trinajstić information content (AvgIpc) is 3.07. The van der Waals surface area contributed by atoms with Crippen LogP contribution in [0, 0.1) is 11.6 Å². The minimum atomic E-state index is -0.911. The molecule has 0 spiro atoms. The minimum absolute atomic E-state index is 0.0215. The predicted octanol–water partition coefficient (Wildman–Crippen LogP) is 4.77. The fourth-order valence-corrected chi connectivity index (χ4v) is 5.61. The lowest BCUT2D eigenvalue weighted by atomic mass is 9.99. The van der Waals surface area contributed by atoms with Gasteiger partial charge in [-0.3, -0.25) is 9.59 Å². The van der Waals surface area contributed by atoms with Crippen molar-refractivity contribution in [2.45, 2.75) is 51.8 Å². The first-order valence-corrected chi connectivity index (χ1v) is 16.3. The van der Waals surface area contributed by atoms with Crippen molar-refractivity contribution in [3.05, 3.63) is 107 Å². The van der Waals surface area contributed by atoms with Gasteiger partial charge in [0.15, 0.2) is 0 Å². The summed E-state index contributed by atoms with van der Waals surface area (Å²) in [5.74, 6) is -2.18. The molecule has 0 bridgehead atoms. The molecule has 2 atom stereocenters.